The predicted molar refractivity (Wildman–Crippen MR) is 53.8 cm³/mol. The Morgan fingerprint density at radius 1 is 1.47 bits per heavy atom. The monoisotopic (exact) mass is 240 g/mol. The molecule has 0 spiro atoms. The van der Waals surface area contributed by atoms with E-state index in [1.807, 2.05) is 13.8 Å². The summed E-state index contributed by atoms with van der Waals surface area (Å²) in [5.74, 6) is 0. The molecule has 0 saturated heterocycles. The van der Waals surface area contributed by atoms with Crippen molar-refractivity contribution in [2.24, 2.45) is 0 Å². The Morgan fingerprint density at radius 3 is 2.53 bits per heavy atom. The van der Waals surface area contributed by atoms with Crippen molar-refractivity contribution < 1.29 is 23.1 Å². The molecule has 7 nitrogen and oxygen atoms in total. The van der Waals surface area contributed by atoms with Gasteiger partial charge in [0.1, 0.15) is 0 Å². The van der Waals surface area contributed by atoms with Gasteiger partial charge >= 0.3 is 16.3 Å². The van der Waals surface area contributed by atoms with E-state index in [4.69, 9.17) is 9.84 Å². The number of nitrogens with one attached hydrogen (secondary N) is 2. The summed E-state index contributed by atoms with van der Waals surface area (Å²) >= 11 is 0. The van der Waals surface area contributed by atoms with Crippen LogP contribution in [0.15, 0.2) is 0 Å². The van der Waals surface area contributed by atoms with Gasteiger partial charge in [-0.15, -0.1) is 0 Å². The fraction of sp³-hybridized carbons (Fsp3) is 0.857. The van der Waals surface area contributed by atoms with Gasteiger partial charge in [-0.3, -0.25) is 0 Å². The molecule has 0 aromatic carbocycles. The second-order valence-electron chi connectivity index (χ2n) is 3.08. The number of hydrogen-bond acceptors (Lipinski definition) is 4. The summed E-state index contributed by atoms with van der Waals surface area (Å²) in [6.07, 6.45) is -1.03. The maximum absolute atomic E-state index is 10.9. The smallest absolute Gasteiger partial charge is 0.419 e. The van der Waals surface area contributed by atoms with Crippen molar-refractivity contribution in [1.82, 2.24) is 9.44 Å². The number of hydrogen-bond donors (Lipinski definition) is 3. The van der Waals surface area contributed by atoms with E-state index >= 15 is 0 Å². The quantitative estimate of drug-likeness (QED) is 0.539. The first-order valence-electron chi connectivity index (χ1n) is 4.45. The maximum atomic E-state index is 10.9. The van der Waals surface area contributed by atoms with Gasteiger partial charge in [-0.2, -0.15) is 13.1 Å². The van der Waals surface area contributed by atoms with Gasteiger partial charge in [0.05, 0.1) is 6.10 Å². The van der Waals surface area contributed by atoms with Crippen molar-refractivity contribution in [3.63, 3.8) is 0 Å². The molecule has 0 bridgehead atoms. The normalized spacial score (nSPS) is 11.7. The van der Waals surface area contributed by atoms with Crippen molar-refractivity contribution in [2.45, 2.75) is 26.4 Å². The largest absolute Gasteiger partial charge is 0.464 e. The Balaban J connectivity index is 3.63. The van der Waals surface area contributed by atoms with Crippen LogP contribution < -0.4 is 9.44 Å². The Kier molecular flexibility index (Phi) is 6.21. The first-order valence-corrected chi connectivity index (χ1v) is 5.94. The zero-order valence-electron chi connectivity index (χ0n) is 8.69. The number of ether oxygens (including phenoxy) is 1. The van der Waals surface area contributed by atoms with E-state index < -0.39 is 16.3 Å². The summed E-state index contributed by atoms with van der Waals surface area (Å²) in [5, 5.41) is 8.17. The molecule has 0 fully saturated rings. The average Bonchev–Trinajstić information content (AvgIpc) is 1.99. The van der Waals surface area contributed by atoms with E-state index in [1.54, 1.807) is 0 Å². The van der Waals surface area contributed by atoms with Crippen molar-refractivity contribution in [1.29, 1.82) is 0 Å². The summed E-state index contributed by atoms with van der Waals surface area (Å²) in [4.78, 5) is 10.0. The Morgan fingerprint density at radius 2 is 2.07 bits per heavy atom. The van der Waals surface area contributed by atoms with E-state index in [0.29, 0.717) is 13.0 Å². The minimum atomic E-state index is -3.94. The first-order chi connectivity index (χ1) is 6.83. The molecule has 0 atom stereocenters. The molecule has 0 heterocycles. The summed E-state index contributed by atoms with van der Waals surface area (Å²) < 4.78 is 30.4. The topological polar surface area (TPSA) is 105 Å². The molecule has 0 aliphatic rings. The molecule has 0 saturated carbocycles. The Hall–Kier alpha value is -0.860. The highest BCUT2D eigenvalue weighted by Gasteiger charge is 2.11. The van der Waals surface area contributed by atoms with Crippen LogP contribution in [0, 0.1) is 0 Å². The third-order valence-corrected chi connectivity index (χ3v) is 2.31. The molecule has 0 rings (SSSR count). The van der Waals surface area contributed by atoms with Crippen LogP contribution in [-0.4, -0.2) is 38.9 Å². The fourth-order valence-electron chi connectivity index (χ4n) is 0.749. The highest BCUT2D eigenvalue weighted by molar-refractivity contribution is 7.88. The lowest BCUT2D eigenvalue weighted by Gasteiger charge is -2.08. The molecule has 0 aliphatic carbocycles. The lowest BCUT2D eigenvalue weighted by Crippen LogP contribution is -2.40. The molecule has 0 unspecified atom stereocenters. The molecule has 0 aromatic rings. The van der Waals surface area contributed by atoms with Crippen molar-refractivity contribution in [3.8, 4) is 0 Å². The molecule has 3 N–H and O–H groups in total. The van der Waals surface area contributed by atoms with E-state index in [-0.39, 0.29) is 12.6 Å². The van der Waals surface area contributed by atoms with E-state index in [2.05, 4.69) is 4.72 Å². The minimum absolute atomic E-state index is 0.0961. The molecular weight excluding hydrogens is 224 g/mol. The van der Waals surface area contributed by atoms with Gasteiger partial charge in [0.25, 0.3) is 0 Å². The van der Waals surface area contributed by atoms with Gasteiger partial charge in [-0.25, -0.2) is 9.52 Å². The first kappa shape index (κ1) is 14.1. The summed E-state index contributed by atoms with van der Waals surface area (Å²) in [6, 6.07) is 0. The van der Waals surface area contributed by atoms with Crippen LogP contribution in [0.5, 0.6) is 0 Å². The molecule has 0 radical (unpaired) electrons. The zero-order chi connectivity index (χ0) is 11.9. The maximum Gasteiger partial charge on any atom is 0.419 e. The van der Waals surface area contributed by atoms with Crippen LogP contribution >= 0.6 is 0 Å². The molecule has 8 heteroatoms. The van der Waals surface area contributed by atoms with Gasteiger partial charge in [-0.05, 0) is 20.3 Å². The van der Waals surface area contributed by atoms with E-state index in [1.165, 1.54) is 4.72 Å². The van der Waals surface area contributed by atoms with Crippen LogP contribution in [0.2, 0.25) is 0 Å². The van der Waals surface area contributed by atoms with Crippen LogP contribution in [0.3, 0.4) is 0 Å². The lowest BCUT2D eigenvalue weighted by molar-refractivity contribution is 0.0778. The predicted octanol–water partition coefficient (Wildman–Crippen LogP) is -0.0965. The number of carbonyl (C=O) groups is 1. The molecule has 0 aliphatic heterocycles. The number of rotatable bonds is 7. The third kappa shape index (κ3) is 9.44. The SMILES string of the molecule is CC(C)OCCCNS(=O)(=O)NC(=O)O. The van der Waals surface area contributed by atoms with Crippen molar-refractivity contribution in [2.75, 3.05) is 13.2 Å². The van der Waals surface area contributed by atoms with Gasteiger partial charge in [0.2, 0.25) is 0 Å². The van der Waals surface area contributed by atoms with Crippen LogP contribution in [0.1, 0.15) is 20.3 Å². The molecule has 1 amide bonds. The number of amides is 1. The minimum Gasteiger partial charge on any atom is -0.464 e. The highest BCUT2D eigenvalue weighted by atomic mass is 32.2. The Labute approximate surface area is 89.0 Å². The van der Waals surface area contributed by atoms with Crippen LogP contribution in [0.25, 0.3) is 0 Å². The van der Waals surface area contributed by atoms with Crippen molar-refractivity contribution in [3.05, 3.63) is 0 Å². The summed E-state index contributed by atoms with van der Waals surface area (Å²) in [5.41, 5.74) is 0. The fourth-order valence-corrected chi connectivity index (χ4v) is 1.46. The molecule has 15 heavy (non-hydrogen) atoms. The van der Waals surface area contributed by atoms with Gasteiger partial charge in [0, 0.05) is 13.2 Å². The van der Waals surface area contributed by atoms with Crippen LogP contribution in [-0.2, 0) is 14.9 Å². The summed E-state index contributed by atoms with van der Waals surface area (Å²) in [6.45, 7) is 4.30. The van der Waals surface area contributed by atoms with Gasteiger partial charge in [0.15, 0.2) is 0 Å². The average molecular weight is 240 g/mol. The lowest BCUT2D eigenvalue weighted by atomic mass is 10.4. The molecular formula is C7H16N2O5S. The summed E-state index contributed by atoms with van der Waals surface area (Å²) in [7, 11) is -3.94. The second-order valence-corrected chi connectivity index (χ2v) is 4.58. The van der Waals surface area contributed by atoms with Gasteiger partial charge < -0.3 is 9.84 Å². The Bertz CT molecular complexity index is 288. The molecule has 0 aromatic heterocycles. The third-order valence-electron chi connectivity index (χ3n) is 1.29. The molecule has 90 valence electrons. The van der Waals surface area contributed by atoms with Gasteiger partial charge in [-0.1, -0.05) is 0 Å². The van der Waals surface area contributed by atoms with Crippen LogP contribution in [0.4, 0.5) is 4.79 Å². The van der Waals surface area contributed by atoms with E-state index in [0.717, 1.165) is 0 Å². The highest BCUT2D eigenvalue weighted by Crippen LogP contribution is 1.89. The second kappa shape index (κ2) is 6.59. The van der Waals surface area contributed by atoms with E-state index in [9.17, 15) is 13.2 Å². The number of carboxylic acid groups (broad SMARTS) is 1. The standard InChI is InChI=1S/C7H16N2O5S/c1-6(2)14-5-3-4-8-15(12,13)9-7(10)11/h6,8-9H,3-5H2,1-2H3,(H,10,11). The zero-order valence-corrected chi connectivity index (χ0v) is 9.50. The van der Waals surface area contributed by atoms with Crippen molar-refractivity contribution >= 4 is 16.3 Å².